The Kier molecular flexibility index (Phi) is 5.22. The molecule has 3 heteroatoms. The van der Waals surface area contributed by atoms with E-state index in [4.69, 9.17) is 4.74 Å². The SMILES string of the molecule is CCOc1ccc(/C=C/C(=O)N2CCC(C)CC2)cc1. The van der Waals surface area contributed by atoms with E-state index in [1.807, 2.05) is 42.2 Å². The predicted octanol–water partition coefficient (Wildman–Crippen LogP) is 3.36. The third-order valence-electron chi connectivity index (χ3n) is 3.70. The van der Waals surface area contributed by atoms with E-state index in [-0.39, 0.29) is 5.91 Å². The van der Waals surface area contributed by atoms with Gasteiger partial charge in [-0.05, 0) is 49.5 Å². The highest BCUT2D eigenvalue weighted by molar-refractivity contribution is 5.91. The molecule has 0 aromatic heterocycles. The molecule has 1 fully saturated rings. The maximum atomic E-state index is 12.1. The molecule has 3 nitrogen and oxygen atoms in total. The fourth-order valence-electron chi connectivity index (χ4n) is 2.34. The topological polar surface area (TPSA) is 29.5 Å². The number of benzene rings is 1. The van der Waals surface area contributed by atoms with Gasteiger partial charge in [-0.2, -0.15) is 0 Å². The van der Waals surface area contributed by atoms with Crippen molar-refractivity contribution in [2.24, 2.45) is 5.92 Å². The Hall–Kier alpha value is -1.77. The number of hydrogen-bond acceptors (Lipinski definition) is 2. The summed E-state index contributed by atoms with van der Waals surface area (Å²) < 4.78 is 5.39. The van der Waals surface area contributed by atoms with Crippen LogP contribution < -0.4 is 4.74 Å². The normalized spacial score (nSPS) is 16.6. The van der Waals surface area contributed by atoms with Gasteiger partial charge in [-0.25, -0.2) is 0 Å². The van der Waals surface area contributed by atoms with Crippen molar-refractivity contribution in [3.8, 4) is 5.75 Å². The van der Waals surface area contributed by atoms with Gasteiger partial charge in [0.1, 0.15) is 5.75 Å². The van der Waals surface area contributed by atoms with Crippen LogP contribution in [0.4, 0.5) is 0 Å². The molecule has 0 N–H and O–H groups in total. The van der Waals surface area contributed by atoms with Gasteiger partial charge in [0.05, 0.1) is 6.61 Å². The van der Waals surface area contributed by atoms with Gasteiger partial charge in [0.2, 0.25) is 5.91 Å². The number of likely N-dealkylation sites (tertiary alicyclic amines) is 1. The average Bonchev–Trinajstić information content (AvgIpc) is 2.47. The highest BCUT2D eigenvalue weighted by atomic mass is 16.5. The summed E-state index contributed by atoms with van der Waals surface area (Å²) in [4.78, 5) is 14.0. The molecule has 20 heavy (non-hydrogen) atoms. The molecule has 0 spiro atoms. The van der Waals surface area contributed by atoms with Crippen molar-refractivity contribution in [3.05, 3.63) is 35.9 Å². The number of nitrogens with zero attached hydrogens (tertiary/aromatic N) is 1. The van der Waals surface area contributed by atoms with Crippen LogP contribution in [-0.2, 0) is 4.79 Å². The van der Waals surface area contributed by atoms with E-state index in [0.29, 0.717) is 6.61 Å². The van der Waals surface area contributed by atoms with Gasteiger partial charge < -0.3 is 9.64 Å². The van der Waals surface area contributed by atoms with Crippen LogP contribution in [0.5, 0.6) is 5.75 Å². The molecule has 0 unspecified atom stereocenters. The first kappa shape index (κ1) is 14.6. The quantitative estimate of drug-likeness (QED) is 0.787. The van der Waals surface area contributed by atoms with Crippen molar-refractivity contribution in [2.75, 3.05) is 19.7 Å². The highest BCUT2D eigenvalue weighted by Gasteiger charge is 2.18. The second-order valence-corrected chi connectivity index (χ2v) is 5.34. The van der Waals surface area contributed by atoms with Crippen LogP contribution in [0.1, 0.15) is 32.3 Å². The Morgan fingerprint density at radius 1 is 1.30 bits per heavy atom. The minimum absolute atomic E-state index is 0.116. The molecule has 108 valence electrons. The summed E-state index contributed by atoms with van der Waals surface area (Å²) in [5, 5.41) is 0. The van der Waals surface area contributed by atoms with Gasteiger partial charge >= 0.3 is 0 Å². The minimum atomic E-state index is 0.116. The fraction of sp³-hybridized carbons (Fsp3) is 0.471. The number of piperidine rings is 1. The van der Waals surface area contributed by atoms with E-state index in [0.717, 1.165) is 43.2 Å². The first-order valence-electron chi connectivity index (χ1n) is 7.39. The Labute approximate surface area is 121 Å². The molecule has 0 aliphatic carbocycles. The van der Waals surface area contributed by atoms with E-state index >= 15 is 0 Å². The Bertz CT molecular complexity index is 456. The lowest BCUT2D eigenvalue weighted by Gasteiger charge is -2.29. The van der Waals surface area contributed by atoms with Crippen molar-refractivity contribution in [1.82, 2.24) is 4.90 Å². The lowest BCUT2D eigenvalue weighted by atomic mass is 9.99. The molecule has 0 saturated carbocycles. The molecule has 1 saturated heterocycles. The molecule has 2 rings (SSSR count). The van der Waals surface area contributed by atoms with Crippen LogP contribution in [0.15, 0.2) is 30.3 Å². The molecule has 0 atom stereocenters. The third-order valence-corrected chi connectivity index (χ3v) is 3.70. The molecule has 0 radical (unpaired) electrons. The van der Waals surface area contributed by atoms with E-state index in [2.05, 4.69) is 6.92 Å². The third kappa shape index (κ3) is 4.12. The predicted molar refractivity (Wildman–Crippen MR) is 81.6 cm³/mol. The standard InChI is InChI=1S/C17H23NO2/c1-3-20-16-7-4-15(5-8-16)6-9-17(19)18-12-10-14(2)11-13-18/h4-9,14H,3,10-13H2,1-2H3/b9-6+. The fourth-order valence-corrected chi connectivity index (χ4v) is 2.34. The summed E-state index contributed by atoms with van der Waals surface area (Å²) in [7, 11) is 0. The van der Waals surface area contributed by atoms with Crippen LogP contribution in [0.3, 0.4) is 0 Å². The first-order chi connectivity index (χ1) is 9.69. The van der Waals surface area contributed by atoms with Crippen LogP contribution in [0, 0.1) is 5.92 Å². The number of rotatable bonds is 4. The van der Waals surface area contributed by atoms with Gasteiger partial charge in [-0.1, -0.05) is 19.1 Å². The maximum absolute atomic E-state index is 12.1. The molecular formula is C17H23NO2. The van der Waals surface area contributed by atoms with E-state index in [1.54, 1.807) is 6.08 Å². The second-order valence-electron chi connectivity index (χ2n) is 5.34. The van der Waals surface area contributed by atoms with Crippen molar-refractivity contribution in [1.29, 1.82) is 0 Å². The number of hydrogen-bond donors (Lipinski definition) is 0. The zero-order valence-corrected chi connectivity index (χ0v) is 12.3. The van der Waals surface area contributed by atoms with Crippen molar-refractivity contribution >= 4 is 12.0 Å². The number of carbonyl (C=O) groups is 1. The number of carbonyl (C=O) groups excluding carboxylic acids is 1. The zero-order valence-electron chi connectivity index (χ0n) is 12.3. The summed E-state index contributed by atoms with van der Waals surface area (Å²) >= 11 is 0. The highest BCUT2D eigenvalue weighted by Crippen LogP contribution is 2.17. The Balaban J connectivity index is 1.89. The van der Waals surface area contributed by atoms with Crippen LogP contribution in [0.2, 0.25) is 0 Å². The van der Waals surface area contributed by atoms with Crippen LogP contribution >= 0.6 is 0 Å². The van der Waals surface area contributed by atoms with Crippen LogP contribution in [-0.4, -0.2) is 30.5 Å². The lowest BCUT2D eigenvalue weighted by molar-refractivity contribution is -0.127. The second kappa shape index (κ2) is 7.13. The van der Waals surface area contributed by atoms with Crippen molar-refractivity contribution < 1.29 is 9.53 Å². The molecular weight excluding hydrogens is 250 g/mol. The molecule has 1 aromatic rings. The average molecular weight is 273 g/mol. The first-order valence-corrected chi connectivity index (χ1v) is 7.39. The lowest BCUT2D eigenvalue weighted by Crippen LogP contribution is -2.36. The number of ether oxygens (including phenoxy) is 1. The number of amides is 1. The van der Waals surface area contributed by atoms with Gasteiger partial charge in [-0.3, -0.25) is 4.79 Å². The maximum Gasteiger partial charge on any atom is 0.246 e. The van der Waals surface area contributed by atoms with E-state index in [1.165, 1.54) is 0 Å². The summed E-state index contributed by atoms with van der Waals surface area (Å²) in [6, 6.07) is 7.78. The molecule has 1 heterocycles. The van der Waals surface area contributed by atoms with Crippen LogP contribution in [0.25, 0.3) is 6.08 Å². The zero-order chi connectivity index (χ0) is 14.4. The summed E-state index contributed by atoms with van der Waals surface area (Å²) in [6.45, 7) is 6.64. The smallest absolute Gasteiger partial charge is 0.246 e. The summed E-state index contributed by atoms with van der Waals surface area (Å²) in [6.07, 6.45) is 5.77. The molecule has 0 bridgehead atoms. The van der Waals surface area contributed by atoms with Gasteiger partial charge in [-0.15, -0.1) is 0 Å². The van der Waals surface area contributed by atoms with Gasteiger partial charge in [0.25, 0.3) is 0 Å². The Morgan fingerprint density at radius 3 is 2.55 bits per heavy atom. The monoisotopic (exact) mass is 273 g/mol. The van der Waals surface area contributed by atoms with E-state index < -0.39 is 0 Å². The molecule has 1 amide bonds. The summed E-state index contributed by atoms with van der Waals surface area (Å²) in [5.74, 6) is 1.72. The van der Waals surface area contributed by atoms with Gasteiger partial charge in [0.15, 0.2) is 0 Å². The van der Waals surface area contributed by atoms with E-state index in [9.17, 15) is 4.79 Å². The van der Waals surface area contributed by atoms with Crippen molar-refractivity contribution in [3.63, 3.8) is 0 Å². The molecule has 1 aliphatic rings. The minimum Gasteiger partial charge on any atom is -0.494 e. The molecule has 1 aromatic carbocycles. The molecule has 1 aliphatic heterocycles. The largest absolute Gasteiger partial charge is 0.494 e. The van der Waals surface area contributed by atoms with Crippen molar-refractivity contribution in [2.45, 2.75) is 26.7 Å². The summed E-state index contributed by atoms with van der Waals surface area (Å²) in [5.41, 5.74) is 1.02. The van der Waals surface area contributed by atoms with Gasteiger partial charge in [0, 0.05) is 19.2 Å². The Morgan fingerprint density at radius 2 is 1.95 bits per heavy atom.